The molecule has 0 fully saturated rings. The first kappa shape index (κ1) is 96.1. The van der Waals surface area contributed by atoms with Crippen LogP contribution in [0.15, 0.2) is 0 Å². The number of hydrogen-bond donors (Lipinski definition) is 3. The van der Waals surface area contributed by atoms with Gasteiger partial charge in [-0.05, 0) is 49.4 Å². The summed E-state index contributed by atoms with van der Waals surface area (Å²) in [6.45, 7) is 14.3. The number of hydrogen-bond acceptors (Lipinski definition) is 15. The minimum absolute atomic E-state index is 0.107. The van der Waals surface area contributed by atoms with Crippen molar-refractivity contribution in [2.75, 3.05) is 39.6 Å². The van der Waals surface area contributed by atoms with E-state index in [-0.39, 0.29) is 25.7 Å². The summed E-state index contributed by atoms with van der Waals surface area (Å²) in [5, 5.41) is 10.6. The normalized spacial score (nSPS) is 14.6. The molecule has 582 valence electrons. The Balaban J connectivity index is 5.23. The standard InChI is InChI=1S/C79H154O17P2/c1-9-71(7)57-49-41-33-25-21-17-14-15-19-23-27-37-46-54-62-78(83)95-74(65-89-76(81)59-51-43-35-29-28-34-42-50-58-72(8)10-2)67-93-97(85,86)91-63-73(80)64-92-98(87,88)94-68-75(66-90-77(82)60-52-44-38-30-32-40-48-56-70(5)6)96-79(84)61-53-45-36-26-22-18-13-11-12-16-20-24-31-39-47-55-69(3)4/h69-75,80H,9-68H2,1-8H3,(H,85,86)(H,87,88)/t71?,72?,73?,74-,75-/m1/s1. The van der Waals surface area contributed by atoms with Crippen LogP contribution in [-0.4, -0.2) is 96.7 Å². The van der Waals surface area contributed by atoms with Gasteiger partial charge in [0.05, 0.1) is 26.4 Å². The third-order valence-electron chi connectivity index (χ3n) is 19.0. The van der Waals surface area contributed by atoms with Gasteiger partial charge in [0, 0.05) is 25.7 Å². The van der Waals surface area contributed by atoms with Crippen molar-refractivity contribution in [3.05, 3.63) is 0 Å². The number of ether oxygens (including phenoxy) is 4. The molecule has 0 aliphatic carbocycles. The van der Waals surface area contributed by atoms with E-state index in [1.807, 2.05) is 0 Å². The Bertz CT molecular complexity index is 1920. The molecule has 0 saturated carbocycles. The van der Waals surface area contributed by atoms with E-state index >= 15 is 0 Å². The van der Waals surface area contributed by atoms with E-state index in [2.05, 4.69) is 55.4 Å². The molecule has 0 aliphatic rings. The van der Waals surface area contributed by atoms with Crippen molar-refractivity contribution in [3.8, 4) is 0 Å². The van der Waals surface area contributed by atoms with Gasteiger partial charge in [-0.15, -0.1) is 0 Å². The van der Waals surface area contributed by atoms with Crippen LogP contribution < -0.4 is 0 Å². The van der Waals surface area contributed by atoms with Gasteiger partial charge in [0.1, 0.15) is 19.3 Å². The number of phosphoric acid groups is 2. The van der Waals surface area contributed by atoms with Crippen LogP contribution in [-0.2, 0) is 65.4 Å². The van der Waals surface area contributed by atoms with Gasteiger partial charge in [-0.1, -0.05) is 351 Å². The molecule has 0 heterocycles. The second-order valence-corrected chi connectivity index (χ2v) is 32.8. The monoisotopic (exact) mass is 1440 g/mol. The van der Waals surface area contributed by atoms with E-state index < -0.39 is 97.5 Å². The van der Waals surface area contributed by atoms with Gasteiger partial charge < -0.3 is 33.8 Å². The number of phosphoric ester groups is 2. The number of carbonyl (C=O) groups excluding carboxylic acids is 4. The van der Waals surface area contributed by atoms with Crippen LogP contribution in [0.5, 0.6) is 0 Å². The molecule has 17 nitrogen and oxygen atoms in total. The van der Waals surface area contributed by atoms with Gasteiger partial charge in [0.15, 0.2) is 12.2 Å². The SMILES string of the molecule is CCC(C)CCCCCCCCCCCCCCCCC(=O)O[C@H](COC(=O)CCCCCCCCCCC(C)CC)COP(=O)(O)OCC(O)COP(=O)(O)OC[C@@H](COC(=O)CCCCCCCCCC(C)C)OC(=O)CCCCCCCCCCCCCCCCCC(C)C. The summed E-state index contributed by atoms with van der Waals surface area (Å²) in [5.41, 5.74) is 0. The molecule has 0 amide bonds. The van der Waals surface area contributed by atoms with E-state index in [0.717, 1.165) is 114 Å². The molecule has 0 aromatic carbocycles. The highest BCUT2D eigenvalue weighted by molar-refractivity contribution is 7.47. The Labute approximate surface area is 600 Å². The van der Waals surface area contributed by atoms with Gasteiger partial charge in [0.2, 0.25) is 0 Å². The predicted octanol–water partition coefficient (Wildman–Crippen LogP) is 23.2. The average molecular weight is 1440 g/mol. The maximum atomic E-state index is 13.1. The molecular weight excluding hydrogens is 1280 g/mol. The lowest BCUT2D eigenvalue weighted by Gasteiger charge is -2.21. The first-order valence-electron chi connectivity index (χ1n) is 40.8. The molecule has 0 saturated heterocycles. The highest BCUT2D eigenvalue weighted by Gasteiger charge is 2.30. The maximum absolute atomic E-state index is 13.1. The first-order chi connectivity index (χ1) is 47.2. The number of aliphatic hydroxyl groups excluding tert-OH is 1. The number of unbranched alkanes of at least 4 members (excludes halogenated alkanes) is 40. The summed E-state index contributed by atoms with van der Waals surface area (Å²) in [6, 6.07) is 0. The Morgan fingerprint density at radius 1 is 0.286 bits per heavy atom. The molecule has 0 aliphatic heterocycles. The van der Waals surface area contributed by atoms with E-state index in [0.29, 0.717) is 31.6 Å². The summed E-state index contributed by atoms with van der Waals surface area (Å²) in [6.07, 6.45) is 54.1. The number of carbonyl (C=O) groups is 4. The van der Waals surface area contributed by atoms with Crippen LogP contribution in [0, 0.1) is 23.7 Å². The van der Waals surface area contributed by atoms with Crippen LogP contribution in [0.4, 0.5) is 0 Å². The average Bonchev–Trinajstić information content (AvgIpc) is 1.07. The predicted molar refractivity (Wildman–Crippen MR) is 400 cm³/mol. The van der Waals surface area contributed by atoms with Gasteiger partial charge in [0.25, 0.3) is 0 Å². The van der Waals surface area contributed by atoms with Gasteiger partial charge >= 0.3 is 39.5 Å². The van der Waals surface area contributed by atoms with Crippen LogP contribution in [0.25, 0.3) is 0 Å². The quantitative estimate of drug-likeness (QED) is 0.0222. The third kappa shape index (κ3) is 69.8. The first-order valence-corrected chi connectivity index (χ1v) is 43.8. The molecule has 98 heavy (non-hydrogen) atoms. The fraction of sp³-hybridized carbons (Fsp3) is 0.949. The smallest absolute Gasteiger partial charge is 0.462 e. The Morgan fingerprint density at radius 2 is 0.490 bits per heavy atom. The second kappa shape index (κ2) is 68.2. The summed E-state index contributed by atoms with van der Waals surface area (Å²) >= 11 is 0. The molecule has 0 rings (SSSR count). The zero-order chi connectivity index (χ0) is 72.4. The van der Waals surface area contributed by atoms with Crippen LogP contribution >= 0.6 is 15.6 Å². The van der Waals surface area contributed by atoms with Crippen molar-refractivity contribution >= 4 is 39.5 Å². The van der Waals surface area contributed by atoms with E-state index in [9.17, 15) is 43.2 Å². The van der Waals surface area contributed by atoms with Crippen molar-refractivity contribution in [1.82, 2.24) is 0 Å². The van der Waals surface area contributed by atoms with E-state index in [1.165, 1.54) is 199 Å². The van der Waals surface area contributed by atoms with Crippen LogP contribution in [0.3, 0.4) is 0 Å². The lowest BCUT2D eigenvalue weighted by atomic mass is 9.99. The highest BCUT2D eigenvalue weighted by atomic mass is 31.2. The van der Waals surface area contributed by atoms with E-state index in [4.69, 9.17) is 37.0 Å². The van der Waals surface area contributed by atoms with Crippen molar-refractivity contribution in [3.63, 3.8) is 0 Å². The maximum Gasteiger partial charge on any atom is 0.472 e. The van der Waals surface area contributed by atoms with Gasteiger partial charge in [-0.25, -0.2) is 9.13 Å². The van der Waals surface area contributed by atoms with Crippen molar-refractivity contribution < 1.29 is 80.2 Å². The highest BCUT2D eigenvalue weighted by Crippen LogP contribution is 2.45. The molecule has 0 spiro atoms. The fourth-order valence-corrected chi connectivity index (χ4v) is 13.6. The Hall–Kier alpha value is -1.94. The number of esters is 4. The summed E-state index contributed by atoms with van der Waals surface area (Å²) in [7, 11) is -9.92. The summed E-state index contributed by atoms with van der Waals surface area (Å²) in [5.74, 6) is 1.01. The van der Waals surface area contributed by atoms with Crippen molar-refractivity contribution in [1.29, 1.82) is 0 Å². The molecule has 0 aromatic rings. The molecule has 7 atom stereocenters. The van der Waals surface area contributed by atoms with Crippen molar-refractivity contribution in [2.45, 2.75) is 420 Å². The fourth-order valence-electron chi connectivity index (χ4n) is 12.0. The third-order valence-corrected chi connectivity index (χ3v) is 20.9. The molecule has 0 aromatic heterocycles. The van der Waals surface area contributed by atoms with Gasteiger partial charge in [-0.2, -0.15) is 0 Å². The number of aliphatic hydroxyl groups is 1. The summed E-state index contributed by atoms with van der Waals surface area (Å²) in [4.78, 5) is 72.9. The molecule has 5 unspecified atom stereocenters. The lowest BCUT2D eigenvalue weighted by molar-refractivity contribution is -0.161. The Kier molecular flexibility index (Phi) is 66.8. The minimum Gasteiger partial charge on any atom is -0.462 e. The summed E-state index contributed by atoms with van der Waals surface area (Å²) < 4.78 is 68.6. The van der Waals surface area contributed by atoms with Crippen LogP contribution in [0.1, 0.15) is 402 Å². The second-order valence-electron chi connectivity index (χ2n) is 29.9. The lowest BCUT2D eigenvalue weighted by Crippen LogP contribution is -2.30. The van der Waals surface area contributed by atoms with Crippen LogP contribution in [0.2, 0.25) is 0 Å². The number of rotatable bonds is 76. The van der Waals surface area contributed by atoms with Crippen molar-refractivity contribution in [2.24, 2.45) is 23.7 Å². The minimum atomic E-state index is -4.96. The van der Waals surface area contributed by atoms with E-state index in [1.54, 1.807) is 0 Å². The largest absolute Gasteiger partial charge is 0.472 e. The molecule has 19 heteroatoms. The molecular formula is C79H154O17P2. The zero-order valence-electron chi connectivity index (χ0n) is 64.4. The molecule has 0 radical (unpaired) electrons. The Morgan fingerprint density at radius 3 is 0.724 bits per heavy atom. The zero-order valence-corrected chi connectivity index (χ0v) is 66.2. The van der Waals surface area contributed by atoms with Gasteiger partial charge in [-0.3, -0.25) is 37.3 Å². The molecule has 3 N–H and O–H groups in total. The topological polar surface area (TPSA) is 237 Å². The molecule has 0 bridgehead atoms.